The van der Waals surface area contributed by atoms with E-state index >= 15 is 0 Å². The summed E-state index contributed by atoms with van der Waals surface area (Å²) in [5.41, 5.74) is 5.22. The van der Waals surface area contributed by atoms with E-state index in [1.54, 1.807) is 0 Å². The molecule has 1 heterocycles. The van der Waals surface area contributed by atoms with Crippen LogP contribution in [-0.4, -0.2) is 24.9 Å². The monoisotopic (exact) mass is 418 g/mol. The molecule has 0 radical (unpaired) electrons. The Morgan fingerprint density at radius 1 is 0.957 bits per heavy atom. The van der Waals surface area contributed by atoms with Crippen LogP contribution >= 0.6 is 0 Å². The Balaban J connectivity index is 0.00000192. The average molecular weight is 418 g/mol. The number of para-hydroxylation sites is 2. The molecule has 2 aromatic rings. The lowest BCUT2D eigenvalue weighted by Crippen LogP contribution is -3.00. The molecule has 0 saturated carbocycles. The van der Waals surface area contributed by atoms with Crippen molar-refractivity contribution in [2.75, 3.05) is 19.0 Å². The van der Waals surface area contributed by atoms with Crippen LogP contribution in [0.3, 0.4) is 0 Å². The van der Waals surface area contributed by atoms with Gasteiger partial charge in [0.05, 0.1) is 0 Å². The van der Waals surface area contributed by atoms with E-state index in [1.165, 1.54) is 22.6 Å². The summed E-state index contributed by atoms with van der Waals surface area (Å²) in [7, 11) is 4.23. The minimum atomic E-state index is 0. The molecule has 0 atom stereocenters. The summed E-state index contributed by atoms with van der Waals surface area (Å²) in [4.78, 5) is 2.30. The number of likely N-dealkylation sites (N-methyl/N-ethyl adjacent to an activating group) is 1. The Kier molecular flexibility index (Phi) is 5.30. The first-order chi connectivity index (χ1) is 10.5. The molecule has 2 aromatic carbocycles. The number of rotatable bonds is 2. The summed E-state index contributed by atoms with van der Waals surface area (Å²) in [6, 6.07) is 19.1. The van der Waals surface area contributed by atoms with Gasteiger partial charge in [-0.25, -0.2) is 4.58 Å². The lowest BCUT2D eigenvalue weighted by molar-refractivity contribution is -0.398. The minimum Gasteiger partial charge on any atom is -1.00 e. The molecule has 0 aromatic heterocycles. The third-order valence-corrected chi connectivity index (χ3v) is 4.56. The molecule has 23 heavy (non-hydrogen) atoms. The molecule has 0 spiro atoms. The smallest absolute Gasteiger partial charge is 0.204 e. The largest absolute Gasteiger partial charge is 1.00 e. The lowest BCUT2D eigenvalue weighted by atomic mass is 9.84. The molecule has 3 heteroatoms. The van der Waals surface area contributed by atoms with Gasteiger partial charge in [-0.15, -0.1) is 0 Å². The first kappa shape index (κ1) is 17.7. The van der Waals surface area contributed by atoms with Gasteiger partial charge >= 0.3 is 0 Å². The van der Waals surface area contributed by atoms with Crippen molar-refractivity contribution in [3.8, 4) is 0 Å². The van der Waals surface area contributed by atoms with Crippen molar-refractivity contribution in [2.24, 2.45) is 0 Å². The van der Waals surface area contributed by atoms with Crippen LogP contribution in [-0.2, 0) is 5.41 Å². The number of allylic oxidation sites excluding steroid dienone is 2. The summed E-state index contributed by atoms with van der Waals surface area (Å²) in [6.07, 6.45) is 4.38. The second-order valence-corrected chi connectivity index (χ2v) is 6.35. The molecule has 120 valence electrons. The van der Waals surface area contributed by atoms with Crippen molar-refractivity contribution >= 4 is 17.6 Å². The average Bonchev–Trinajstić information content (AvgIpc) is 2.73. The normalized spacial score (nSPS) is 17.8. The second-order valence-electron chi connectivity index (χ2n) is 6.35. The number of benzene rings is 2. The molecule has 0 bridgehead atoms. The summed E-state index contributed by atoms with van der Waals surface area (Å²) in [5, 5.41) is 0. The van der Waals surface area contributed by atoms with Crippen molar-refractivity contribution < 1.29 is 28.6 Å². The number of anilines is 1. The van der Waals surface area contributed by atoms with Crippen LogP contribution in [0, 0.1) is 0 Å². The predicted molar refractivity (Wildman–Crippen MR) is 94.3 cm³/mol. The predicted octanol–water partition coefficient (Wildman–Crippen LogP) is 1.35. The maximum Gasteiger partial charge on any atom is 0.204 e. The molecule has 0 unspecified atom stereocenters. The van der Waals surface area contributed by atoms with Gasteiger partial charge in [0.1, 0.15) is 7.05 Å². The SMILES string of the molecule is CN1C(=CC=[N+](C)c2ccccc2)C(C)(C)c2ccccc21.[I-]. The zero-order chi connectivity index (χ0) is 15.7. The van der Waals surface area contributed by atoms with Gasteiger partial charge in [0.25, 0.3) is 0 Å². The zero-order valence-electron chi connectivity index (χ0n) is 14.1. The number of nitrogens with zero attached hydrogens (tertiary/aromatic N) is 2. The Morgan fingerprint density at radius 2 is 1.57 bits per heavy atom. The fourth-order valence-corrected chi connectivity index (χ4v) is 3.23. The third-order valence-electron chi connectivity index (χ3n) is 4.56. The molecular weight excluding hydrogens is 395 g/mol. The van der Waals surface area contributed by atoms with Gasteiger partial charge < -0.3 is 28.9 Å². The fourth-order valence-electron chi connectivity index (χ4n) is 3.23. The molecule has 0 saturated heterocycles. The Labute approximate surface area is 156 Å². The number of fused-ring (bicyclic) bond motifs is 1. The number of halogens is 1. The van der Waals surface area contributed by atoms with Crippen LogP contribution in [0.25, 0.3) is 0 Å². The van der Waals surface area contributed by atoms with Crippen LogP contribution in [0.4, 0.5) is 11.4 Å². The van der Waals surface area contributed by atoms with Gasteiger partial charge in [-0.2, -0.15) is 0 Å². The van der Waals surface area contributed by atoms with Crippen LogP contribution in [0.2, 0.25) is 0 Å². The first-order valence-corrected chi connectivity index (χ1v) is 7.68. The van der Waals surface area contributed by atoms with Crippen LogP contribution in [0.5, 0.6) is 0 Å². The molecule has 1 aliphatic heterocycles. The molecule has 0 aliphatic carbocycles. The van der Waals surface area contributed by atoms with Crippen molar-refractivity contribution in [2.45, 2.75) is 19.3 Å². The zero-order valence-corrected chi connectivity index (χ0v) is 16.3. The van der Waals surface area contributed by atoms with Crippen LogP contribution in [0.1, 0.15) is 19.4 Å². The van der Waals surface area contributed by atoms with E-state index in [0.717, 1.165) is 0 Å². The summed E-state index contributed by atoms with van der Waals surface area (Å²) in [6.45, 7) is 4.58. The van der Waals surface area contributed by atoms with Gasteiger partial charge in [-0.3, -0.25) is 0 Å². The van der Waals surface area contributed by atoms with E-state index in [4.69, 9.17) is 0 Å². The molecule has 0 fully saturated rings. The molecular formula is C20H23IN2. The van der Waals surface area contributed by atoms with E-state index in [0.29, 0.717) is 0 Å². The maximum atomic E-state index is 2.30. The van der Waals surface area contributed by atoms with E-state index in [9.17, 15) is 0 Å². The first-order valence-electron chi connectivity index (χ1n) is 7.68. The highest BCUT2D eigenvalue weighted by Gasteiger charge is 2.38. The number of hydrogen-bond donors (Lipinski definition) is 0. The fraction of sp³-hybridized carbons (Fsp3) is 0.250. The van der Waals surface area contributed by atoms with Crippen LogP contribution in [0.15, 0.2) is 66.4 Å². The van der Waals surface area contributed by atoms with Crippen molar-refractivity contribution in [3.63, 3.8) is 0 Å². The van der Waals surface area contributed by atoms with E-state index in [1.807, 2.05) is 6.07 Å². The van der Waals surface area contributed by atoms with Crippen molar-refractivity contribution in [1.29, 1.82) is 0 Å². The highest BCUT2D eigenvalue weighted by Crippen LogP contribution is 2.46. The second kappa shape index (κ2) is 6.87. The van der Waals surface area contributed by atoms with Gasteiger partial charge in [-0.05, 0) is 11.6 Å². The lowest BCUT2D eigenvalue weighted by Gasteiger charge is -2.23. The van der Waals surface area contributed by atoms with E-state index in [-0.39, 0.29) is 29.4 Å². The van der Waals surface area contributed by atoms with E-state index in [2.05, 4.69) is 98.2 Å². The standard InChI is InChI=1S/C20H23N2.HI/c1-20(2)17-12-8-9-13-18(17)22(4)19(20)14-15-21(3)16-10-6-5-7-11-16;/h5-15H,1-4H3;1H/q+1;/p-1. The number of hydrogen-bond acceptors (Lipinski definition) is 1. The maximum absolute atomic E-state index is 2.30. The summed E-state index contributed by atoms with van der Waals surface area (Å²) < 4.78 is 2.15. The highest BCUT2D eigenvalue weighted by molar-refractivity contribution is 5.77. The summed E-state index contributed by atoms with van der Waals surface area (Å²) >= 11 is 0. The Bertz CT molecular complexity index is 745. The molecule has 1 aliphatic rings. The quantitative estimate of drug-likeness (QED) is 0.406. The van der Waals surface area contributed by atoms with Crippen molar-refractivity contribution in [1.82, 2.24) is 0 Å². The molecule has 3 rings (SSSR count). The van der Waals surface area contributed by atoms with Crippen molar-refractivity contribution in [3.05, 3.63) is 71.9 Å². The highest BCUT2D eigenvalue weighted by atomic mass is 127. The summed E-state index contributed by atoms with van der Waals surface area (Å²) in [5.74, 6) is 0. The van der Waals surface area contributed by atoms with Crippen LogP contribution < -0.4 is 28.9 Å². The minimum absolute atomic E-state index is 0. The van der Waals surface area contributed by atoms with Gasteiger partial charge in [0, 0.05) is 42.1 Å². The molecule has 2 nitrogen and oxygen atoms in total. The Hall–Kier alpha value is -1.62. The van der Waals surface area contributed by atoms with Gasteiger partial charge in [0.2, 0.25) is 5.69 Å². The third kappa shape index (κ3) is 3.20. The van der Waals surface area contributed by atoms with E-state index < -0.39 is 0 Å². The van der Waals surface area contributed by atoms with Gasteiger partial charge in [0.15, 0.2) is 6.21 Å². The molecule has 0 N–H and O–H groups in total. The Morgan fingerprint density at radius 3 is 2.22 bits per heavy atom. The molecule has 0 amide bonds. The topological polar surface area (TPSA) is 6.25 Å². The van der Waals surface area contributed by atoms with Gasteiger partial charge in [-0.1, -0.05) is 50.2 Å².